The van der Waals surface area contributed by atoms with E-state index in [4.69, 9.17) is 9.39 Å². The summed E-state index contributed by atoms with van der Waals surface area (Å²) in [5.41, 5.74) is 1.06. The number of methoxy groups -OCH3 is 1. The van der Waals surface area contributed by atoms with Crippen LogP contribution in [-0.2, 0) is 0 Å². The van der Waals surface area contributed by atoms with E-state index in [0.29, 0.717) is 5.75 Å². The maximum atomic E-state index is 5.95. The van der Waals surface area contributed by atoms with Gasteiger partial charge < -0.3 is 9.39 Å². The largest absolute Gasteiger partial charge is 0.555 e. The summed E-state index contributed by atoms with van der Waals surface area (Å²) in [6, 6.07) is 27.1. The van der Waals surface area contributed by atoms with Crippen molar-refractivity contribution in [2.45, 2.75) is 0 Å². The molecule has 0 heterocycles. The van der Waals surface area contributed by atoms with E-state index in [2.05, 4.69) is 54.6 Å². The van der Waals surface area contributed by atoms with Crippen LogP contribution in [0.1, 0.15) is 0 Å². The molecule has 5 aromatic carbocycles. The maximum absolute atomic E-state index is 5.95. The molecule has 0 unspecified atom stereocenters. The average Bonchev–Trinajstić information content (AvgIpc) is 2.71. The molecular weight excluding hydrogens is 319 g/mol. The molecule has 2 nitrogen and oxygen atoms in total. The molecule has 0 spiro atoms. The molecule has 3 heteroatoms. The van der Waals surface area contributed by atoms with Crippen LogP contribution < -0.4 is 14.9 Å². The van der Waals surface area contributed by atoms with Gasteiger partial charge in [-0.1, -0.05) is 66.7 Å². The maximum Gasteiger partial charge on any atom is 0.409 e. The minimum atomic E-state index is 0.709. The Morgan fingerprint density at radius 3 is 2.04 bits per heavy atom. The van der Waals surface area contributed by atoms with Gasteiger partial charge in [-0.15, -0.1) is 0 Å². The molecule has 26 heavy (non-hydrogen) atoms. The minimum Gasteiger partial charge on any atom is -0.555 e. The lowest BCUT2D eigenvalue weighted by Crippen LogP contribution is -2.21. The molecule has 1 radical (unpaired) electrons. The van der Waals surface area contributed by atoms with Crippen LogP contribution in [0.4, 0.5) is 0 Å². The Labute approximate surface area is 152 Å². The first-order valence-electron chi connectivity index (χ1n) is 8.64. The second-order valence-corrected chi connectivity index (χ2v) is 6.40. The number of ether oxygens (including phenoxy) is 1. The number of hydrogen-bond donors (Lipinski definition) is 0. The smallest absolute Gasteiger partial charge is 0.409 e. The van der Waals surface area contributed by atoms with Crippen LogP contribution in [-0.4, -0.2) is 14.6 Å². The van der Waals surface area contributed by atoms with Gasteiger partial charge in [0.15, 0.2) is 5.75 Å². The summed E-state index contributed by atoms with van der Waals surface area (Å²) in [5.74, 6) is 1.43. The van der Waals surface area contributed by atoms with E-state index in [1.54, 1.807) is 7.11 Å². The second-order valence-electron chi connectivity index (χ2n) is 6.40. The predicted molar refractivity (Wildman–Crippen MR) is 109 cm³/mol. The predicted octanol–water partition coefficient (Wildman–Crippen LogP) is 4.92. The Hall–Kier alpha value is -3.20. The summed E-state index contributed by atoms with van der Waals surface area (Å²) < 4.78 is 11.3. The summed E-state index contributed by atoms with van der Waals surface area (Å²) in [6.45, 7) is 0. The molecule has 0 fully saturated rings. The molecule has 0 atom stereocenters. The molecule has 0 N–H and O–H groups in total. The lowest BCUT2D eigenvalue weighted by Gasteiger charge is -2.14. The van der Waals surface area contributed by atoms with E-state index in [-0.39, 0.29) is 0 Å². The van der Waals surface area contributed by atoms with Gasteiger partial charge in [-0.05, 0) is 49.9 Å². The molecule has 0 amide bonds. The van der Waals surface area contributed by atoms with Crippen LogP contribution in [0.25, 0.3) is 32.3 Å². The fraction of sp³-hybridized carbons (Fsp3) is 0.0435. The first kappa shape index (κ1) is 15.1. The third-order valence-electron chi connectivity index (χ3n) is 4.94. The summed E-state index contributed by atoms with van der Waals surface area (Å²) >= 11 is 0. The third-order valence-corrected chi connectivity index (χ3v) is 4.94. The summed E-state index contributed by atoms with van der Waals surface area (Å²) in [7, 11) is 3.46. The summed E-state index contributed by atoms with van der Waals surface area (Å²) in [6.07, 6.45) is 0. The van der Waals surface area contributed by atoms with Gasteiger partial charge in [0.25, 0.3) is 0 Å². The highest BCUT2D eigenvalue weighted by Gasteiger charge is 2.13. The molecule has 0 saturated carbocycles. The highest BCUT2D eigenvalue weighted by Crippen LogP contribution is 2.33. The van der Waals surface area contributed by atoms with Gasteiger partial charge in [-0.25, -0.2) is 0 Å². The highest BCUT2D eigenvalue weighted by atomic mass is 16.5. The van der Waals surface area contributed by atoms with Gasteiger partial charge in [0.05, 0.1) is 7.11 Å². The van der Waals surface area contributed by atoms with Gasteiger partial charge in [0, 0.05) is 0 Å². The number of rotatable bonds is 4. The zero-order chi connectivity index (χ0) is 17.5. The zero-order valence-corrected chi connectivity index (χ0v) is 14.4. The molecule has 0 aliphatic heterocycles. The van der Waals surface area contributed by atoms with Crippen molar-refractivity contribution in [3.8, 4) is 11.5 Å². The lowest BCUT2D eigenvalue weighted by atomic mass is 9.81. The molecule has 123 valence electrons. The molecule has 5 rings (SSSR count). The van der Waals surface area contributed by atoms with Gasteiger partial charge >= 0.3 is 7.48 Å². The average molecular weight is 335 g/mol. The molecular formula is C23H16BO2. The molecule has 0 aliphatic rings. The monoisotopic (exact) mass is 335 g/mol. The van der Waals surface area contributed by atoms with Crippen molar-refractivity contribution in [2.24, 2.45) is 0 Å². The van der Waals surface area contributed by atoms with Crippen molar-refractivity contribution >= 4 is 45.3 Å². The van der Waals surface area contributed by atoms with E-state index >= 15 is 0 Å². The van der Waals surface area contributed by atoms with Crippen LogP contribution in [0.5, 0.6) is 11.5 Å². The van der Waals surface area contributed by atoms with Crippen LogP contribution in [0.2, 0.25) is 0 Å². The van der Waals surface area contributed by atoms with Crippen molar-refractivity contribution in [1.29, 1.82) is 0 Å². The van der Waals surface area contributed by atoms with Gasteiger partial charge in [0.1, 0.15) is 5.75 Å². The molecule has 0 saturated heterocycles. The van der Waals surface area contributed by atoms with Crippen LogP contribution in [0.15, 0.2) is 78.9 Å². The lowest BCUT2D eigenvalue weighted by molar-refractivity contribution is 0.396. The Kier molecular flexibility index (Phi) is 3.46. The zero-order valence-electron chi connectivity index (χ0n) is 14.4. The standard InChI is InChI=1S/C23H16BO2/c1-25-20-7-2-3-8-21(20)26-24-19-14-12-17-10-9-15-5-4-6-16-11-13-18(19)23(17)22(15)16/h2-14H,1H3. The summed E-state index contributed by atoms with van der Waals surface area (Å²) in [5, 5.41) is 7.58. The molecule has 0 aromatic heterocycles. The SMILES string of the molecule is COc1ccccc1O[B]c1ccc2ccc3cccc4ccc1c2c34. The fourth-order valence-electron chi connectivity index (χ4n) is 3.70. The van der Waals surface area contributed by atoms with E-state index in [1.165, 1.54) is 32.3 Å². The van der Waals surface area contributed by atoms with Crippen molar-refractivity contribution in [2.75, 3.05) is 7.11 Å². The Balaban J connectivity index is 1.64. The Morgan fingerprint density at radius 2 is 1.27 bits per heavy atom. The Bertz CT molecular complexity index is 1210. The van der Waals surface area contributed by atoms with E-state index in [1.807, 2.05) is 31.7 Å². The number of hydrogen-bond acceptors (Lipinski definition) is 2. The van der Waals surface area contributed by atoms with E-state index in [9.17, 15) is 0 Å². The van der Waals surface area contributed by atoms with Gasteiger partial charge in [-0.2, -0.15) is 0 Å². The first-order chi connectivity index (χ1) is 12.8. The fourth-order valence-corrected chi connectivity index (χ4v) is 3.70. The topological polar surface area (TPSA) is 18.5 Å². The minimum absolute atomic E-state index is 0.709. The van der Waals surface area contributed by atoms with Crippen LogP contribution >= 0.6 is 0 Å². The first-order valence-corrected chi connectivity index (χ1v) is 8.64. The van der Waals surface area contributed by atoms with Gasteiger partial charge in [0.2, 0.25) is 0 Å². The Morgan fingerprint density at radius 1 is 0.615 bits per heavy atom. The van der Waals surface area contributed by atoms with Crippen LogP contribution in [0, 0.1) is 0 Å². The van der Waals surface area contributed by atoms with Crippen molar-refractivity contribution in [3.05, 3.63) is 78.9 Å². The highest BCUT2D eigenvalue weighted by molar-refractivity contribution is 6.53. The molecule has 5 aromatic rings. The normalized spacial score (nSPS) is 11.3. The van der Waals surface area contributed by atoms with Crippen molar-refractivity contribution in [1.82, 2.24) is 0 Å². The van der Waals surface area contributed by atoms with Crippen molar-refractivity contribution < 1.29 is 9.39 Å². The van der Waals surface area contributed by atoms with Gasteiger partial charge in [-0.3, -0.25) is 0 Å². The molecule has 0 bridgehead atoms. The molecule has 0 aliphatic carbocycles. The van der Waals surface area contributed by atoms with E-state index < -0.39 is 0 Å². The quantitative estimate of drug-likeness (QED) is 0.343. The van der Waals surface area contributed by atoms with E-state index in [0.717, 1.165) is 11.2 Å². The van der Waals surface area contributed by atoms with Crippen molar-refractivity contribution in [3.63, 3.8) is 0 Å². The van der Waals surface area contributed by atoms with Crippen LogP contribution in [0.3, 0.4) is 0 Å². The number of benzene rings is 5. The third kappa shape index (κ3) is 2.28. The number of para-hydroxylation sites is 2. The second kappa shape index (κ2) is 5.96. The summed E-state index contributed by atoms with van der Waals surface area (Å²) in [4.78, 5) is 0.